The van der Waals surface area contributed by atoms with Crippen LogP contribution >= 0.6 is 0 Å². The summed E-state index contributed by atoms with van der Waals surface area (Å²) in [6.07, 6.45) is 1.05. The third-order valence-electron chi connectivity index (χ3n) is 2.52. The van der Waals surface area contributed by atoms with Crippen LogP contribution in [0.1, 0.15) is 25.5 Å². The van der Waals surface area contributed by atoms with E-state index in [2.05, 4.69) is 6.58 Å². The molecule has 0 spiro atoms. The molecule has 0 aliphatic heterocycles. The monoisotopic (exact) mass is 223 g/mol. The second kappa shape index (κ2) is 5.66. The van der Waals surface area contributed by atoms with Gasteiger partial charge in [0.2, 0.25) is 0 Å². The summed E-state index contributed by atoms with van der Waals surface area (Å²) in [6.45, 7) is 8.48. The van der Waals surface area contributed by atoms with Gasteiger partial charge in [0, 0.05) is 18.7 Å². The molecule has 1 atom stereocenters. The Labute approximate surface area is 96.0 Å². The van der Waals surface area contributed by atoms with Gasteiger partial charge in [-0.05, 0) is 19.9 Å². The fourth-order valence-corrected chi connectivity index (χ4v) is 1.74. The van der Waals surface area contributed by atoms with Gasteiger partial charge in [0.1, 0.15) is 5.82 Å². The first kappa shape index (κ1) is 12.7. The van der Waals surface area contributed by atoms with Crippen LogP contribution in [-0.2, 0) is 0 Å². The molecule has 0 unspecified atom stereocenters. The van der Waals surface area contributed by atoms with E-state index >= 15 is 0 Å². The van der Waals surface area contributed by atoms with Crippen molar-refractivity contribution < 1.29 is 9.50 Å². The topological polar surface area (TPSA) is 23.5 Å². The number of anilines is 1. The van der Waals surface area contributed by atoms with E-state index in [1.54, 1.807) is 25.1 Å². The van der Waals surface area contributed by atoms with Crippen molar-refractivity contribution in [1.82, 2.24) is 0 Å². The van der Waals surface area contributed by atoms with E-state index in [1.165, 1.54) is 6.07 Å². The van der Waals surface area contributed by atoms with Crippen LogP contribution in [0.4, 0.5) is 10.1 Å². The van der Waals surface area contributed by atoms with Gasteiger partial charge >= 0.3 is 0 Å². The first-order valence-corrected chi connectivity index (χ1v) is 5.44. The Morgan fingerprint density at radius 2 is 2.25 bits per heavy atom. The van der Waals surface area contributed by atoms with Gasteiger partial charge in [0.05, 0.1) is 11.8 Å². The molecule has 0 fully saturated rings. The zero-order chi connectivity index (χ0) is 12.1. The summed E-state index contributed by atoms with van der Waals surface area (Å²) in [4.78, 5) is 1.85. The Kier molecular flexibility index (Phi) is 4.50. The van der Waals surface area contributed by atoms with Gasteiger partial charge in [-0.3, -0.25) is 0 Å². The molecule has 0 saturated carbocycles. The Bertz CT molecular complexity index is 363. The van der Waals surface area contributed by atoms with Crippen molar-refractivity contribution in [1.29, 1.82) is 0 Å². The molecule has 0 bridgehead atoms. The molecule has 1 rings (SSSR count). The molecule has 3 heteroatoms. The summed E-state index contributed by atoms with van der Waals surface area (Å²) in [7, 11) is 0. The predicted molar refractivity (Wildman–Crippen MR) is 65.1 cm³/mol. The van der Waals surface area contributed by atoms with Gasteiger partial charge in [-0.1, -0.05) is 18.2 Å². The number of aliphatic hydroxyl groups excluding tert-OH is 1. The van der Waals surface area contributed by atoms with Gasteiger partial charge < -0.3 is 10.0 Å². The van der Waals surface area contributed by atoms with Crippen LogP contribution in [0.3, 0.4) is 0 Å². The smallest absolute Gasteiger partial charge is 0.146 e. The lowest BCUT2D eigenvalue weighted by molar-refractivity contribution is 0.199. The first-order valence-electron chi connectivity index (χ1n) is 5.44. The van der Waals surface area contributed by atoms with Gasteiger partial charge in [-0.15, -0.1) is 6.58 Å². The second-order valence-corrected chi connectivity index (χ2v) is 3.68. The number of hydrogen-bond acceptors (Lipinski definition) is 2. The lowest BCUT2D eigenvalue weighted by atomic mass is 10.1. The van der Waals surface area contributed by atoms with E-state index in [0.717, 1.165) is 0 Å². The molecule has 0 aliphatic carbocycles. The lowest BCUT2D eigenvalue weighted by Crippen LogP contribution is -2.25. The average Bonchev–Trinajstić information content (AvgIpc) is 2.26. The normalized spacial score (nSPS) is 12.2. The zero-order valence-corrected chi connectivity index (χ0v) is 9.78. The minimum absolute atomic E-state index is 0.304. The van der Waals surface area contributed by atoms with Crippen molar-refractivity contribution in [3.63, 3.8) is 0 Å². The number of hydrogen-bond donors (Lipinski definition) is 1. The molecule has 0 amide bonds. The highest BCUT2D eigenvalue weighted by Crippen LogP contribution is 2.29. The zero-order valence-electron chi connectivity index (χ0n) is 9.78. The van der Waals surface area contributed by atoms with E-state index in [9.17, 15) is 9.50 Å². The van der Waals surface area contributed by atoms with Crippen LogP contribution in [0.5, 0.6) is 0 Å². The number of aliphatic hydroxyl groups is 1. The number of likely N-dealkylation sites (N-methyl/N-ethyl adjacent to an activating group) is 1. The Balaban J connectivity index is 3.22. The Morgan fingerprint density at radius 1 is 1.56 bits per heavy atom. The van der Waals surface area contributed by atoms with Crippen molar-refractivity contribution in [3.05, 3.63) is 42.2 Å². The van der Waals surface area contributed by atoms with Crippen LogP contribution in [0, 0.1) is 5.82 Å². The largest absolute Gasteiger partial charge is 0.389 e. The van der Waals surface area contributed by atoms with Crippen LogP contribution < -0.4 is 4.90 Å². The van der Waals surface area contributed by atoms with Gasteiger partial charge in [0.25, 0.3) is 0 Å². The summed E-state index contributed by atoms with van der Waals surface area (Å²) in [5.74, 6) is -0.304. The molecular formula is C13H18FNO. The van der Waals surface area contributed by atoms with Crippen molar-refractivity contribution in [2.24, 2.45) is 0 Å². The third-order valence-corrected chi connectivity index (χ3v) is 2.52. The summed E-state index contributed by atoms with van der Waals surface area (Å²) < 4.78 is 13.8. The molecule has 1 aromatic rings. The van der Waals surface area contributed by atoms with E-state index in [1.807, 2.05) is 11.8 Å². The van der Waals surface area contributed by atoms with E-state index in [4.69, 9.17) is 0 Å². The van der Waals surface area contributed by atoms with Crippen molar-refractivity contribution in [2.45, 2.75) is 20.0 Å². The molecule has 0 heterocycles. The first-order chi connectivity index (χ1) is 7.61. The van der Waals surface area contributed by atoms with E-state index in [-0.39, 0.29) is 5.82 Å². The minimum Gasteiger partial charge on any atom is -0.389 e. The quantitative estimate of drug-likeness (QED) is 0.776. The fraction of sp³-hybridized carbons (Fsp3) is 0.385. The molecule has 1 N–H and O–H groups in total. The number of halogens is 1. The fourth-order valence-electron chi connectivity index (χ4n) is 1.74. The SMILES string of the molecule is C=CCN(CC)c1c(F)cccc1[C@@H](C)O. The minimum atomic E-state index is -0.676. The maximum Gasteiger partial charge on any atom is 0.146 e. The van der Waals surface area contributed by atoms with Gasteiger partial charge in [0.15, 0.2) is 0 Å². The molecule has 0 aromatic heterocycles. The molecule has 0 radical (unpaired) electrons. The second-order valence-electron chi connectivity index (χ2n) is 3.68. The lowest BCUT2D eigenvalue weighted by Gasteiger charge is -2.25. The van der Waals surface area contributed by atoms with Crippen molar-refractivity contribution in [2.75, 3.05) is 18.0 Å². The summed E-state index contributed by atoms with van der Waals surface area (Å²) >= 11 is 0. The van der Waals surface area contributed by atoms with Crippen molar-refractivity contribution in [3.8, 4) is 0 Å². The van der Waals surface area contributed by atoms with Crippen LogP contribution in [-0.4, -0.2) is 18.2 Å². The third kappa shape index (κ3) is 2.61. The van der Waals surface area contributed by atoms with Crippen LogP contribution in [0.25, 0.3) is 0 Å². The highest BCUT2D eigenvalue weighted by atomic mass is 19.1. The van der Waals surface area contributed by atoms with Crippen molar-refractivity contribution >= 4 is 5.69 Å². The molecule has 1 aromatic carbocycles. The van der Waals surface area contributed by atoms with Crippen LogP contribution in [0.15, 0.2) is 30.9 Å². The summed E-state index contributed by atoms with van der Waals surface area (Å²) in [5.41, 5.74) is 1.09. The predicted octanol–water partition coefficient (Wildman–Crippen LogP) is 2.89. The molecule has 88 valence electrons. The molecule has 0 saturated heterocycles. The molecule has 0 aliphatic rings. The Morgan fingerprint density at radius 3 is 2.75 bits per heavy atom. The molecule has 2 nitrogen and oxygen atoms in total. The highest BCUT2D eigenvalue weighted by molar-refractivity contribution is 5.56. The molecular weight excluding hydrogens is 205 g/mol. The van der Waals surface area contributed by atoms with Crippen LogP contribution in [0.2, 0.25) is 0 Å². The number of benzene rings is 1. The Hall–Kier alpha value is -1.35. The highest BCUT2D eigenvalue weighted by Gasteiger charge is 2.16. The van der Waals surface area contributed by atoms with E-state index < -0.39 is 6.10 Å². The number of para-hydroxylation sites is 1. The average molecular weight is 223 g/mol. The number of nitrogens with zero attached hydrogens (tertiary/aromatic N) is 1. The summed E-state index contributed by atoms with van der Waals surface area (Å²) in [6, 6.07) is 4.77. The van der Waals surface area contributed by atoms with Gasteiger partial charge in [-0.25, -0.2) is 4.39 Å². The molecule has 16 heavy (non-hydrogen) atoms. The number of rotatable bonds is 5. The standard InChI is InChI=1S/C13H18FNO/c1-4-9-15(5-2)13-11(10(3)16)7-6-8-12(13)14/h4,6-8,10,16H,1,5,9H2,2-3H3/t10-/m1/s1. The maximum atomic E-state index is 13.8. The summed E-state index contributed by atoms with van der Waals surface area (Å²) in [5, 5.41) is 9.62. The maximum absolute atomic E-state index is 13.8. The van der Waals surface area contributed by atoms with Gasteiger partial charge in [-0.2, -0.15) is 0 Å². The van der Waals surface area contributed by atoms with E-state index in [0.29, 0.717) is 24.3 Å².